The van der Waals surface area contributed by atoms with Gasteiger partial charge in [-0.15, -0.1) is 0 Å². The van der Waals surface area contributed by atoms with Gasteiger partial charge in [0.25, 0.3) is 0 Å². The monoisotopic (exact) mass is 244 g/mol. The third-order valence-corrected chi connectivity index (χ3v) is 2.63. The fraction of sp³-hybridized carbons (Fsp3) is 0.0769. The Morgan fingerprint density at radius 2 is 1.88 bits per heavy atom. The first-order valence-corrected chi connectivity index (χ1v) is 5.38. The molecular formula is C13H9ClN2O. The Kier molecular flexibility index (Phi) is 3.38. The van der Waals surface area contributed by atoms with Gasteiger partial charge in [0.1, 0.15) is 12.2 Å². The van der Waals surface area contributed by atoms with Gasteiger partial charge in [-0.1, -0.05) is 23.7 Å². The molecule has 1 N–H and O–H groups in total. The number of aliphatic hydroxyl groups is 1. The lowest BCUT2D eigenvalue weighted by atomic mass is 10.1. The van der Waals surface area contributed by atoms with Crippen molar-refractivity contribution in [2.24, 2.45) is 0 Å². The van der Waals surface area contributed by atoms with Gasteiger partial charge in [0, 0.05) is 11.2 Å². The highest BCUT2D eigenvalue weighted by atomic mass is 35.5. The van der Waals surface area contributed by atoms with Crippen LogP contribution in [0.1, 0.15) is 22.9 Å². The van der Waals surface area contributed by atoms with Crippen molar-refractivity contribution < 1.29 is 5.11 Å². The van der Waals surface area contributed by atoms with Crippen molar-refractivity contribution >= 4 is 11.6 Å². The van der Waals surface area contributed by atoms with Crippen molar-refractivity contribution in [3.8, 4) is 6.07 Å². The number of hydrogen-bond acceptors (Lipinski definition) is 3. The Hall–Kier alpha value is -1.89. The summed E-state index contributed by atoms with van der Waals surface area (Å²) in [5.41, 5.74) is 1.69. The third-order valence-electron chi connectivity index (χ3n) is 2.38. The topological polar surface area (TPSA) is 56.9 Å². The first kappa shape index (κ1) is 11.6. The van der Waals surface area contributed by atoms with Crippen molar-refractivity contribution in [3.05, 3.63) is 64.4 Å². The van der Waals surface area contributed by atoms with E-state index in [0.29, 0.717) is 21.8 Å². The first-order chi connectivity index (χ1) is 8.20. The van der Waals surface area contributed by atoms with Gasteiger partial charge >= 0.3 is 0 Å². The summed E-state index contributed by atoms with van der Waals surface area (Å²) < 4.78 is 0. The Morgan fingerprint density at radius 3 is 2.41 bits per heavy atom. The molecule has 1 unspecified atom stereocenters. The highest BCUT2D eigenvalue weighted by molar-refractivity contribution is 6.30. The van der Waals surface area contributed by atoms with E-state index in [2.05, 4.69) is 4.98 Å². The quantitative estimate of drug-likeness (QED) is 0.884. The normalized spacial score (nSPS) is 11.8. The molecule has 2 aromatic rings. The molecule has 3 nitrogen and oxygen atoms in total. The molecule has 0 saturated carbocycles. The molecule has 0 bridgehead atoms. The van der Waals surface area contributed by atoms with Crippen LogP contribution < -0.4 is 0 Å². The standard InChI is InChI=1S/C13H9ClN2O/c14-11-4-2-10(3-5-11)13(17)12-6-1-9(7-15)8-16-12/h1-6,8,13,17H. The van der Waals surface area contributed by atoms with Gasteiger partial charge in [0.2, 0.25) is 0 Å². The van der Waals surface area contributed by atoms with Gasteiger partial charge in [0.05, 0.1) is 11.3 Å². The van der Waals surface area contributed by atoms with E-state index in [1.165, 1.54) is 6.20 Å². The van der Waals surface area contributed by atoms with E-state index in [1.807, 2.05) is 6.07 Å². The molecular weight excluding hydrogens is 236 g/mol. The maximum Gasteiger partial charge on any atom is 0.121 e. The molecule has 0 fully saturated rings. The highest BCUT2D eigenvalue weighted by Gasteiger charge is 2.11. The average Bonchev–Trinajstić information content (AvgIpc) is 2.39. The SMILES string of the molecule is N#Cc1ccc(C(O)c2ccc(Cl)cc2)nc1. The van der Waals surface area contributed by atoms with Crippen LogP contribution in [0.15, 0.2) is 42.6 Å². The minimum Gasteiger partial charge on any atom is -0.382 e. The van der Waals surface area contributed by atoms with Crippen LogP contribution in [0.25, 0.3) is 0 Å². The van der Waals surface area contributed by atoms with Crippen LogP contribution in [0.3, 0.4) is 0 Å². The molecule has 0 aliphatic carbocycles. The Labute approximate surface area is 104 Å². The molecule has 1 aromatic carbocycles. The van der Waals surface area contributed by atoms with Crippen molar-refractivity contribution in [3.63, 3.8) is 0 Å². The molecule has 0 aliphatic rings. The molecule has 2 rings (SSSR count). The van der Waals surface area contributed by atoms with Gasteiger partial charge in [-0.2, -0.15) is 5.26 Å². The Balaban J connectivity index is 2.27. The zero-order valence-electron chi connectivity index (χ0n) is 8.84. The zero-order valence-corrected chi connectivity index (χ0v) is 9.59. The maximum atomic E-state index is 10.1. The summed E-state index contributed by atoms with van der Waals surface area (Å²) in [6, 6.07) is 12.2. The second kappa shape index (κ2) is 4.96. The third kappa shape index (κ3) is 2.62. The Bertz CT molecular complexity index is 543. The van der Waals surface area contributed by atoms with Gasteiger partial charge in [0.15, 0.2) is 0 Å². The number of pyridine rings is 1. The summed E-state index contributed by atoms with van der Waals surface area (Å²) >= 11 is 5.77. The van der Waals surface area contributed by atoms with E-state index in [4.69, 9.17) is 16.9 Å². The molecule has 1 atom stereocenters. The van der Waals surface area contributed by atoms with Crippen LogP contribution in [0.4, 0.5) is 0 Å². The minimum atomic E-state index is -0.806. The average molecular weight is 245 g/mol. The molecule has 4 heteroatoms. The van der Waals surface area contributed by atoms with Crippen LogP contribution in [0.2, 0.25) is 5.02 Å². The number of nitriles is 1. The molecule has 1 aromatic heterocycles. The van der Waals surface area contributed by atoms with E-state index in [1.54, 1.807) is 36.4 Å². The largest absolute Gasteiger partial charge is 0.382 e. The van der Waals surface area contributed by atoms with Crippen molar-refractivity contribution in [2.45, 2.75) is 6.10 Å². The number of benzene rings is 1. The van der Waals surface area contributed by atoms with Crippen molar-refractivity contribution in [2.75, 3.05) is 0 Å². The molecule has 17 heavy (non-hydrogen) atoms. The number of aliphatic hydroxyl groups excluding tert-OH is 1. The van der Waals surface area contributed by atoms with E-state index >= 15 is 0 Å². The second-order valence-electron chi connectivity index (χ2n) is 3.54. The summed E-state index contributed by atoms with van der Waals surface area (Å²) in [5, 5.41) is 19.3. The van der Waals surface area contributed by atoms with Gasteiger partial charge in [-0.25, -0.2) is 0 Å². The first-order valence-electron chi connectivity index (χ1n) is 5.00. The van der Waals surface area contributed by atoms with Gasteiger partial charge < -0.3 is 5.11 Å². The van der Waals surface area contributed by atoms with E-state index in [9.17, 15) is 5.11 Å². The predicted molar refractivity (Wildman–Crippen MR) is 64.5 cm³/mol. The smallest absolute Gasteiger partial charge is 0.121 e. The highest BCUT2D eigenvalue weighted by Crippen LogP contribution is 2.21. The lowest BCUT2D eigenvalue weighted by Gasteiger charge is -2.10. The van der Waals surface area contributed by atoms with Crippen LogP contribution in [-0.4, -0.2) is 10.1 Å². The van der Waals surface area contributed by atoms with Crippen LogP contribution in [0.5, 0.6) is 0 Å². The van der Waals surface area contributed by atoms with Crippen LogP contribution in [-0.2, 0) is 0 Å². The maximum absolute atomic E-state index is 10.1. The molecule has 0 aliphatic heterocycles. The van der Waals surface area contributed by atoms with E-state index < -0.39 is 6.10 Å². The zero-order chi connectivity index (χ0) is 12.3. The number of halogens is 1. The second-order valence-corrected chi connectivity index (χ2v) is 3.97. The fourth-order valence-electron chi connectivity index (χ4n) is 1.45. The minimum absolute atomic E-state index is 0.469. The summed E-state index contributed by atoms with van der Waals surface area (Å²) in [6.45, 7) is 0. The van der Waals surface area contributed by atoms with E-state index in [0.717, 1.165) is 0 Å². The van der Waals surface area contributed by atoms with E-state index in [-0.39, 0.29) is 0 Å². The van der Waals surface area contributed by atoms with Crippen LogP contribution >= 0.6 is 11.6 Å². The van der Waals surface area contributed by atoms with Gasteiger partial charge in [-0.3, -0.25) is 4.98 Å². The summed E-state index contributed by atoms with van der Waals surface area (Å²) in [6.07, 6.45) is 0.633. The van der Waals surface area contributed by atoms with Crippen LogP contribution in [0, 0.1) is 11.3 Å². The lowest BCUT2D eigenvalue weighted by Crippen LogP contribution is -2.02. The predicted octanol–water partition coefficient (Wildman–Crippen LogP) is 2.69. The van der Waals surface area contributed by atoms with Gasteiger partial charge in [-0.05, 0) is 29.8 Å². The number of hydrogen-bond donors (Lipinski definition) is 1. The summed E-state index contributed by atoms with van der Waals surface area (Å²) in [5.74, 6) is 0. The lowest BCUT2D eigenvalue weighted by molar-refractivity contribution is 0.215. The fourth-order valence-corrected chi connectivity index (χ4v) is 1.58. The molecule has 0 saturated heterocycles. The molecule has 84 valence electrons. The van der Waals surface area contributed by atoms with Crippen molar-refractivity contribution in [1.29, 1.82) is 5.26 Å². The Morgan fingerprint density at radius 1 is 1.18 bits per heavy atom. The molecule has 0 amide bonds. The number of rotatable bonds is 2. The summed E-state index contributed by atoms with van der Waals surface area (Å²) in [7, 11) is 0. The van der Waals surface area contributed by atoms with Crippen molar-refractivity contribution in [1.82, 2.24) is 4.98 Å². The summed E-state index contributed by atoms with van der Waals surface area (Å²) in [4.78, 5) is 4.04. The molecule has 0 spiro atoms. The number of nitrogens with zero attached hydrogens (tertiary/aromatic N) is 2. The molecule has 1 heterocycles. The number of aromatic nitrogens is 1. The molecule has 0 radical (unpaired) electrons.